The third-order valence-electron chi connectivity index (χ3n) is 1.46. The molecule has 76 valence electrons. The van der Waals surface area contributed by atoms with Gasteiger partial charge in [0.2, 0.25) is 11.8 Å². The minimum atomic E-state index is -0.378. The van der Waals surface area contributed by atoms with Gasteiger partial charge >= 0.3 is 5.97 Å². The van der Waals surface area contributed by atoms with Gasteiger partial charge in [-0.1, -0.05) is 0 Å². The Morgan fingerprint density at radius 1 is 1.57 bits per heavy atom. The monoisotopic (exact) mass is 197 g/mol. The highest BCUT2D eigenvalue weighted by molar-refractivity contribution is 5.73. The molecule has 0 bridgehead atoms. The van der Waals surface area contributed by atoms with Crippen LogP contribution in [0.1, 0.15) is 0 Å². The van der Waals surface area contributed by atoms with Gasteiger partial charge in [-0.15, -0.1) is 0 Å². The van der Waals surface area contributed by atoms with Crippen molar-refractivity contribution in [2.24, 2.45) is 0 Å². The molecule has 1 N–H and O–H groups in total. The molecule has 1 rings (SSSR count). The van der Waals surface area contributed by atoms with E-state index in [0.717, 1.165) is 0 Å². The molecule has 0 aliphatic heterocycles. The number of rotatable bonds is 4. The molecule has 0 spiro atoms. The highest BCUT2D eigenvalue weighted by atomic mass is 16.5. The number of aromatic nitrogens is 2. The van der Waals surface area contributed by atoms with Crippen LogP contribution < -0.4 is 10.1 Å². The van der Waals surface area contributed by atoms with Gasteiger partial charge < -0.3 is 14.8 Å². The number of esters is 1. The summed E-state index contributed by atoms with van der Waals surface area (Å²) in [5, 5.41) is 2.69. The second-order valence-electron chi connectivity index (χ2n) is 2.35. The molecule has 0 aromatic carbocycles. The highest BCUT2D eigenvalue weighted by Crippen LogP contribution is 2.06. The average molecular weight is 197 g/mol. The van der Waals surface area contributed by atoms with Crippen molar-refractivity contribution < 1.29 is 14.3 Å². The van der Waals surface area contributed by atoms with Gasteiger partial charge in [0.05, 0.1) is 14.2 Å². The minimum absolute atomic E-state index is 0.0314. The van der Waals surface area contributed by atoms with Crippen LogP contribution in [0.25, 0.3) is 0 Å². The van der Waals surface area contributed by atoms with Gasteiger partial charge in [-0.25, -0.2) is 4.98 Å². The van der Waals surface area contributed by atoms with Crippen molar-refractivity contribution in [3.8, 4) is 5.88 Å². The summed E-state index contributed by atoms with van der Waals surface area (Å²) >= 11 is 0. The summed E-state index contributed by atoms with van der Waals surface area (Å²) in [6.45, 7) is 0.0314. The zero-order valence-electron chi connectivity index (χ0n) is 7.98. The van der Waals surface area contributed by atoms with Gasteiger partial charge in [0.15, 0.2) is 0 Å². The van der Waals surface area contributed by atoms with E-state index in [2.05, 4.69) is 20.0 Å². The second kappa shape index (κ2) is 5.00. The number of nitrogens with zero attached hydrogens (tertiary/aromatic N) is 2. The fourth-order valence-electron chi connectivity index (χ4n) is 0.764. The Morgan fingerprint density at radius 2 is 2.36 bits per heavy atom. The number of hydrogen-bond donors (Lipinski definition) is 1. The van der Waals surface area contributed by atoms with Crippen LogP contribution in [-0.2, 0) is 9.53 Å². The van der Waals surface area contributed by atoms with Gasteiger partial charge in [-0.2, -0.15) is 4.98 Å². The lowest BCUT2D eigenvalue weighted by Crippen LogP contribution is -2.16. The molecule has 0 unspecified atom stereocenters. The van der Waals surface area contributed by atoms with Gasteiger partial charge in [-0.05, 0) is 0 Å². The first kappa shape index (κ1) is 10.2. The fraction of sp³-hybridized carbons (Fsp3) is 0.375. The Bertz CT molecular complexity index is 316. The van der Waals surface area contributed by atoms with Crippen molar-refractivity contribution in [3.05, 3.63) is 12.3 Å². The highest BCUT2D eigenvalue weighted by Gasteiger charge is 2.02. The first-order valence-corrected chi connectivity index (χ1v) is 3.94. The Balaban J connectivity index is 2.54. The summed E-state index contributed by atoms with van der Waals surface area (Å²) in [6, 6.07) is 1.61. The zero-order valence-corrected chi connectivity index (χ0v) is 7.98. The third kappa shape index (κ3) is 2.89. The molecule has 0 radical (unpaired) electrons. The van der Waals surface area contributed by atoms with Crippen LogP contribution in [-0.4, -0.2) is 36.7 Å². The lowest BCUT2D eigenvalue weighted by molar-refractivity contribution is -0.138. The molecule has 0 amide bonds. The van der Waals surface area contributed by atoms with Gasteiger partial charge in [-0.3, -0.25) is 4.79 Å². The molecule has 6 nitrogen and oxygen atoms in total. The number of carbonyl (C=O) groups is 1. The first-order chi connectivity index (χ1) is 6.76. The van der Waals surface area contributed by atoms with Crippen molar-refractivity contribution in [2.45, 2.75) is 0 Å². The summed E-state index contributed by atoms with van der Waals surface area (Å²) in [5.74, 6) is 0.388. The topological polar surface area (TPSA) is 73.3 Å². The van der Waals surface area contributed by atoms with Crippen molar-refractivity contribution >= 4 is 11.9 Å². The number of carbonyl (C=O) groups excluding carboxylic acids is 1. The molecule has 0 aliphatic rings. The van der Waals surface area contributed by atoms with E-state index in [4.69, 9.17) is 4.74 Å². The Morgan fingerprint density at radius 3 is 3.00 bits per heavy atom. The van der Waals surface area contributed by atoms with E-state index in [9.17, 15) is 4.79 Å². The standard InChI is InChI=1S/C8H11N3O3/c1-13-6-3-4-9-8(11-6)10-5-7(12)14-2/h3-4H,5H2,1-2H3,(H,9,10,11). The molecule has 0 aliphatic carbocycles. The Labute approximate surface area is 81.3 Å². The quantitative estimate of drug-likeness (QED) is 0.688. The van der Waals surface area contributed by atoms with E-state index in [-0.39, 0.29) is 12.5 Å². The van der Waals surface area contributed by atoms with Crippen molar-refractivity contribution in [1.82, 2.24) is 9.97 Å². The number of anilines is 1. The summed E-state index contributed by atoms with van der Waals surface area (Å²) in [6.07, 6.45) is 1.53. The van der Waals surface area contributed by atoms with Crippen molar-refractivity contribution in [2.75, 3.05) is 26.1 Å². The second-order valence-corrected chi connectivity index (χ2v) is 2.35. The SMILES string of the molecule is COC(=O)CNc1nccc(OC)n1. The molecule has 1 aromatic heterocycles. The van der Waals surface area contributed by atoms with Gasteiger partial charge in [0.1, 0.15) is 6.54 Å². The Hall–Kier alpha value is -1.85. The third-order valence-corrected chi connectivity index (χ3v) is 1.46. The zero-order chi connectivity index (χ0) is 10.4. The van der Waals surface area contributed by atoms with E-state index in [1.54, 1.807) is 6.07 Å². The molecule has 0 atom stereocenters. The molecule has 1 heterocycles. The van der Waals surface area contributed by atoms with Crippen LogP contribution in [0.4, 0.5) is 5.95 Å². The van der Waals surface area contributed by atoms with E-state index < -0.39 is 0 Å². The predicted octanol–water partition coefficient (Wildman–Crippen LogP) is 0.0701. The van der Waals surface area contributed by atoms with E-state index in [0.29, 0.717) is 11.8 Å². The number of nitrogens with one attached hydrogen (secondary N) is 1. The number of ether oxygens (including phenoxy) is 2. The average Bonchev–Trinajstić information content (AvgIpc) is 2.26. The van der Waals surface area contributed by atoms with Crippen LogP contribution in [0.5, 0.6) is 5.88 Å². The minimum Gasteiger partial charge on any atom is -0.481 e. The number of methoxy groups -OCH3 is 2. The maximum absolute atomic E-state index is 10.8. The molecule has 0 saturated carbocycles. The first-order valence-electron chi connectivity index (χ1n) is 3.94. The van der Waals surface area contributed by atoms with Crippen molar-refractivity contribution in [3.63, 3.8) is 0 Å². The summed E-state index contributed by atoms with van der Waals surface area (Å²) in [4.78, 5) is 18.6. The van der Waals surface area contributed by atoms with Gasteiger partial charge in [0.25, 0.3) is 0 Å². The van der Waals surface area contributed by atoms with Crippen LogP contribution in [0.3, 0.4) is 0 Å². The molecular formula is C8H11N3O3. The molecule has 0 saturated heterocycles. The summed E-state index contributed by atoms with van der Waals surface area (Å²) in [5.41, 5.74) is 0. The smallest absolute Gasteiger partial charge is 0.325 e. The molecule has 14 heavy (non-hydrogen) atoms. The normalized spacial score (nSPS) is 9.29. The van der Waals surface area contributed by atoms with E-state index in [1.165, 1.54) is 20.4 Å². The van der Waals surface area contributed by atoms with Crippen molar-refractivity contribution in [1.29, 1.82) is 0 Å². The van der Waals surface area contributed by atoms with E-state index in [1.807, 2.05) is 0 Å². The lowest BCUT2D eigenvalue weighted by atomic mass is 10.6. The largest absolute Gasteiger partial charge is 0.481 e. The van der Waals surface area contributed by atoms with Crippen LogP contribution in [0, 0.1) is 0 Å². The molecule has 6 heteroatoms. The Kier molecular flexibility index (Phi) is 3.66. The predicted molar refractivity (Wildman–Crippen MR) is 49.1 cm³/mol. The maximum Gasteiger partial charge on any atom is 0.325 e. The van der Waals surface area contributed by atoms with Crippen LogP contribution in [0.2, 0.25) is 0 Å². The molecule has 1 aromatic rings. The molecular weight excluding hydrogens is 186 g/mol. The van der Waals surface area contributed by atoms with E-state index >= 15 is 0 Å². The summed E-state index contributed by atoms with van der Waals surface area (Å²) < 4.78 is 9.32. The van der Waals surface area contributed by atoms with Crippen LogP contribution >= 0.6 is 0 Å². The number of hydrogen-bond acceptors (Lipinski definition) is 6. The fourth-order valence-corrected chi connectivity index (χ4v) is 0.764. The molecule has 0 fully saturated rings. The lowest BCUT2D eigenvalue weighted by Gasteiger charge is -2.03. The maximum atomic E-state index is 10.8. The van der Waals surface area contributed by atoms with Crippen LogP contribution in [0.15, 0.2) is 12.3 Å². The summed E-state index contributed by atoms with van der Waals surface area (Å²) in [7, 11) is 2.82. The van der Waals surface area contributed by atoms with Gasteiger partial charge in [0, 0.05) is 12.3 Å².